The van der Waals surface area contributed by atoms with Crippen molar-refractivity contribution in [3.8, 4) is 0 Å². The van der Waals surface area contributed by atoms with Crippen LogP contribution in [0.1, 0.15) is 19.8 Å². The summed E-state index contributed by atoms with van der Waals surface area (Å²) < 4.78 is 0. The molecule has 0 saturated heterocycles. The van der Waals surface area contributed by atoms with Gasteiger partial charge in [-0.2, -0.15) is 0 Å². The van der Waals surface area contributed by atoms with E-state index in [0.29, 0.717) is 12.8 Å². The number of hydrogen-bond donors (Lipinski definition) is 3. The molecule has 2 unspecified atom stereocenters. The molecule has 0 fully saturated rings. The standard InChI is InChI=1S/C10H14O4/c1-2-4-10(14)5-3-7(11)6-8(10)9(12)13/h3,5-6,8,11,14H,2,4H2,1H3,(H,12,13). The van der Waals surface area contributed by atoms with Gasteiger partial charge in [0.25, 0.3) is 0 Å². The van der Waals surface area contributed by atoms with Crippen LogP contribution >= 0.6 is 0 Å². The van der Waals surface area contributed by atoms with Crippen molar-refractivity contribution in [1.82, 2.24) is 0 Å². The number of hydrogen-bond acceptors (Lipinski definition) is 3. The Bertz CT molecular complexity index is 292. The van der Waals surface area contributed by atoms with Gasteiger partial charge in [-0.25, -0.2) is 0 Å². The van der Waals surface area contributed by atoms with Crippen molar-refractivity contribution in [1.29, 1.82) is 0 Å². The van der Waals surface area contributed by atoms with E-state index in [0.717, 1.165) is 6.08 Å². The van der Waals surface area contributed by atoms with Crippen LogP contribution in [0.3, 0.4) is 0 Å². The number of rotatable bonds is 3. The van der Waals surface area contributed by atoms with Gasteiger partial charge in [0.15, 0.2) is 0 Å². The minimum atomic E-state index is -1.37. The van der Waals surface area contributed by atoms with Crippen LogP contribution in [-0.2, 0) is 4.79 Å². The van der Waals surface area contributed by atoms with Crippen LogP contribution in [0.2, 0.25) is 0 Å². The second-order valence-electron chi connectivity index (χ2n) is 3.48. The number of allylic oxidation sites excluding steroid dienone is 1. The van der Waals surface area contributed by atoms with E-state index in [2.05, 4.69) is 0 Å². The van der Waals surface area contributed by atoms with E-state index in [1.165, 1.54) is 12.2 Å². The Morgan fingerprint density at radius 3 is 2.79 bits per heavy atom. The van der Waals surface area contributed by atoms with Crippen molar-refractivity contribution in [2.45, 2.75) is 25.4 Å². The van der Waals surface area contributed by atoms with Gasteiger partial charge in [0.05, 0.1) is 0 Å². The molecule has 14 heavy (non-hydrogen) atoms. The molecule has 4 heteroatoms. The van der Waals surface area contributed by atoms with E-state index in [-0.39, 0.29) is 5.76 Å². The van der Waals surface area contributed by atoms with Gasteiger partial charge < -0.3 is 15.3 Å². The molecule has 1 aliphatic carbocycles. The van der Waals surface area contributed by atoms with Crippen molar-refractivity contribution in [2.75, 3.05) is 0 Å². The largest absolute Gasteiger partial charge is 0.508 e. The summed E-state index contributed by atoms with van der Waals surface area (Å²) in [6, 6.07) is 0. The van der Waals surface area contributed by atoms with Crippen LogP contribution in [0, 0.1) is 5.92 Å². The number of carboxylic acids is 1. The maximum Gasteiger partial charge on any atom is 0.313 e. The minimum absolute atomic E-state index is 0.113. The van der Waals surface area contributed by atoms with Crippen molar-refractivity contribution >= 4 is 5.97 Å². The highest BCUT2D eigenvalue weighted by molar-refractivity contribution is 5.75. The Morgan fingerprint density at radius 2 is 2.29 bits per heavy atom. The Balaban J connectivity index is 2.96. The van der Waals surface area contributed by atoms with Gasteiger partial charge in [-0.15, -0.1) is 0 Å². The second-order valence-corrected chi connectivity index (χ2v) is 3.48. The first-order chi connectivity index (χ1) is 6.49. The number of aliphatic hydroxyl groups excluding tert-OH is 1. The van der Waals surface area contributed by atoms with Gasteiger partial charge in [0, 0.05) is 0 Å². The molecular formula is C10H14O4. The lowest BCUT2D eigenvalue weighted by Crippen LogP contribution is -2.41. The molecule has 0 aromatic rings. The van der Waals surface area contributed by atoms with Crippen molar-refractivity contribution in [3.63, 3.8) is 0 Å². The topological polar surface area (TPSA) is 77.8 Å². The zero-order valence-corrected chi connectivity index (χ0v) is 7.97. The molecule has 1 rings (SSSR count). The van der Waals surface area contributed by atoms with Crippen LogP contribution in [-0.4, -0.2) is 26.9 Å². The summed E-state index contributed by atoms with van der Waals surface area (Å²) >= 11 is 0. The monoisotopic (exact) mass is 198 g/mol. The van der Waals surface area contributed by atoms with Gasteiger partial charge in [-0.3, -0.25) is 4.79 Å². The highest BCUT2D eigenvalue weighted by Gasteiger charge is 2.39. The van der Waals surface area contributed by atoms with Crippen molar-refractivity contribution in [3.05, 3.63) is 24.0 Å². The molecule has 0 aromatic carbocycles. The Morgan fingerprint density at radius 1 is 1.64 bits per heavy atom. The molecular weight excluding hydrogens is 184 g/mol. The summed E-state index contributed by atoms with van der Waals surface area (Å²) in [6.07, 6.45) is 4.89. The second kappa shape index (κ2) is 3.84. The number of carbonyl (C=O) groups is 1. The quantitative estimate of drug-likeness (QED) is 0.637. The molecule has 0 radical (unpaired) electrons. The first kappa shape index (κ1) is 10.8. The fourth-order valence-corrected chi connectivity index (χ4v) is 1.63. The van der Waals surface area contributed by atoms with Crippen molar-refractivity contribution < 1.29 is 20.1 Å². The zero-order chi connectivity index (χ0) is 10.8. The van der Waals surface area contributed by atoms with E-state index in [9.17, 15) is 9.90 Å². The fourth-order valence-electron chi connectivity index (χ4n) is 1.63. The van der Waals surface area contributed by atoms with Crippen LogP contribution in [0.4, 0.5) is 0 Å². The average molecular weight is 198 g/mol. The predicted molar refractivity (Wildman–Crippen MR) is 50.8 cm³/mol. The van der Waals surface area contributed by atoms with Crippen molar-refractivity contribution in [2.24, 2.45) is 5.92 Å². The van der Waals surface area contributed by atoms with E-state index in [1.54, 1.807) is 0 Å². The summed E-state index contributed by atoms with van der Waals surface area (Å²) in [5.41, 5.74) is -1.37. The lowest BCUT2D eigenvalue weighted by atomic mass is 9.80. The first-order valence-corrected chi connectivity index (χ1v) is 4.55. The molecule has 0 aliphatic heterocycles. The summed E-state index contributed by atoms with van der Waals surface area (Å²) in [6.45, 7) is 1.86. The maximum absolute atomic E-state index is 10.8. The number of carboxylic acid groups (broad SMARTS) is 1. The van der Waals surface area contributed by atoms with Gasteiger partial charge in [0.2, 0.25) is 0 Å². The average Bonchev–Trinajstić information content (AvgIpc) is 2.10. The molecule has 0 spiro atoms. The molecule has 3 N–H and O–H groups in total. The SMILES string of the molecule is CCCC1(O)C=CC(O)=CC1C(=O)O. The third-order valence-electron chi connectivity index (χ3n) is 2.34. The number of aliphatic carboxylic acids is 1. The van der Waals surface area contributed by atoms with Crippen LogP contribution in [0.15, 0.2) is 24.0 Å². The van der Waals surface area contributed by atoms with Crippen LogP contribution in [0.25, 0.3) is 0 Å². The summed E-state index contributed by atoms with van der Waals surface area (Å²) in [4.78, 5) is 10.8. The highest BCUT2D eigenvalue weighted by atomic mass is 16.4. The van der Waals surface area contributed by atoms with Gasteiger partial charge >= 0.3 is 5.97 Å². The zero-order valence-electron chi connectivity index (χ0n) is 7.97. The smallest absolute Gasteiger partial charge is 0.313 e. The molecule has 0 heterocycles. The van der Waals surface area contributed by atoms with E-state index in [4.69, 9.17) is 10.2 Å². The predicted octanol–water partition coefficient (Wildman–Crippen LogP) is 1.23. The third kappa shape index (κ3) is 1.96. The summed E-state index contributed by atoms with van der Waals surface area (Å²) in [5, 5.41) is 28.0. The Kier molecular flexibility index (Phi) is 2.96. The molecule has 0 bridgehead atoms. The maximum atomic E-state index is 10.8. The first-order valence-electron chi connectivity index (χ1n) is 4.55. The number of aliphatic hydroxyl groups is 2. The molecule has 78 valence electrons. The Hall–Kier alpha value is -1.29. The third-order valence-corrected chi connectivity index (χ3v) is 2.34. The van der Waals surface area contributed by atoms with E-state index >= 15 is 0 Å². The minimum Gasteiger partial charge on any atom is -0.508 e. The Labute approximate surface area is 82.2 Å². The van der Waals surface area contributed by atoms with Crippen LogP contribution in [0.5, 0.6) is 0 Å². The van der Waals surface area contributed by atoms with Gasteiger partial charge in [-0.1, -0.05) is 13.3 Å². The van der Waals surface area contributed by atoms with E-state index in [1.807, 2.05) is 6.92 Å². The highest BCUT2D eigenvalue weighted by Crippen LogP contribution is 2.30. The molecule has 2 atom stereocenters. The van der Waals surface area contributed by atoms with Crippen LogP contribution < -0.4 is 0 Å². The van der Waals surface area contributed by atoms with Gasteiger partial charge in [-0.05, 0) is 24.6 Å². The normalized spacial score (nSPS) is 31.3. The molecule has 0 aromatic heterocycles. The lowest BCUT2D eigenvalue weighted by Gasteiger charge is -2.31. The fraction of sp³-hybridized carbons (Fsp3) is 0.500. The van der Waals surface area contributed by atoms with Gasteiger partial charge in [0.1, 0.15) is 17.3 Å². The lowest BCUT2D eigenvalue weighted by molar-refractivity contribution is -0.146. The van der Waals surface area contributed by atoms with E-state index < -0.39 is 17.5 Å². The molecule has 0 saturated carbocycles. The molecule has 4 nitrogen and oxygen atoms in total. The summed E-state index contributed by atoms with van der Waals surface area (Å²) in [7, 11) is 0. The molecule has 0 amide bonds. The molecule has 1 aliphatic rings. The summed E-state index contributed by atoms with van der Waals surface area (Å²) in [5.74, 6) is -2.30.